The zero-order valence-electron chi connectivity index (χ0n) is 19.0. The molecule has 1 fully saturated rings. The number of ether oxygens (including phenoxy) is 1. The highest BCUT2D eigenvalue weighted by molar-refractivity contribution is 7.89. The highest BCUT2D eigenvalue weighted by Gasteiger charge is 2.47. The van der Waals surface area contributed by atoms with E-state index in [1.807, 2.05) is 19.9 Å². The van der Waals surface area contributed by atoms with Crippen LogP contribution in [0.1, 0.15) is 24.5 Å². The molecule has 8 heteroatoms. The number of carbonyl (C=O) groups excluding carboxylic acids is 2. The first kappa shape index (κ1) is 23.7. The molecule has 0 saturated carbocycles. The predicted octanol–water partition coefficient (Wildman–Crippen LogP) is 3.92. The lowest BCUT2D eigenvalue weighted by Crippen LogP contribution is -2.45. The van der Waals surface area contributed by atoms with Crippen LogP contribution in [0.25, 0.3) is 0 Å². The molecule has 0 radical (unpaired) electrons. The van der Waals surface area contributed by atoms with E-state index in [9.17, 15) is 18.0 Å². The van der Waals surface area contributed by atoms with E-state index in [1.54, 1.807) is 60.7 Å². The molecular weight excluding hydrogens is 452 g/mol. The van der Waals surface area contributed by atoms with E-state index >= 15 is 0 Å². The number of nitrogens with zero attached hydrogens (tertiary/aromatic N) is 2. The minimum Gasteiger partial charge on any atom is -0.494 e. The molecule has 0 aliphatic carbocycles. The molecule has 1 heterocycles. The Labute approximate surface area is 199 Å². The third-order valence-corrected chi connectivity index (χ3v) is 7.55. The zero-order chi connectivity index (χ0) is 24.3. The number of carbonyl (C=O) groups is 2. The summed E-state index contributed by atoms with van der Waals surface area (Å²) >= 11 is 0. The fourth-order valence-electron chi connectivity index (χ4n) is 3.94. The van der Waals surface area contributed by atoms with Gasteiger partial charge in [-0.05, 0) is 55.8 Å². The van der Waals surface area contributed by atoms with Crippen LogP contribution in [0.4, 0.5) is 5.69 Å². The van der Waals surface area contributed by atoms with Crippen LogP contribution in [0, 0.1) is 6.92 Å². The maximum absolute atomic E-state index is 13.7. The highest BCUT2D eigenvalue weighted by Crippen LogP contribution is 2.31. The van der Waals surface area contributed by atoms with Crippen LogP contribution in [-0.2, 0) is 26.2 Å². The lowest BCUT2D eigenvalue weighted by atomic mass is 10.2. The van der Waals surface area contributed by atoms with Gasteiger partial charge in [0.25, 0.3) is 5.91 Å². The topological polar surface area (TPSA) is 84.0 Å². The third kappa shape index (κ3) is 4.73. The van der Waals surface area contributed by atoms with Crippen molar-refractivity contribution in [1.29, 1.82) is 0 Å². The Balaban J connectivity index is 1.70. The molecule has 2 amide bonds. The molecule has 1 aliphatic heterocycles. The number of aryl methyl sites for hydroxylation is 1. The van der Waals surface area contributed by atoms with Crippen LogP contribution in [0.15, 0.2) is 83.8 Å². The van der Waals surface area contributed by atoms with Gasteiger partial charge in [0, 0.05) is 6.54 Å². The van der Waals surface area contributed by atoms with Crippen molar-refractivity contribution in [1.82, 2.24) is 4.31 Å². The Kier molecular flexibility index (Phi) is 6.81. The van der Waals surface area contributed by atoms with E-state index in [2.05, 4.69) is 0 Å². The molecule has 4 rings (SSSR count). The van der Waals surface area contributed by atoms with Gasteiger partial charge >= 0.3 is 0 Å². The van der Waals surface area contributed by atoms with E-state index < -0.39 is 27.9 Å². The molecule has 0 bridgehead atoms. The van der Waals surface area contributed by atoms with Crippen LogP contribution in [-0.4, -0.2) is 37.2 Å². The van der Waals surface area contributed by atoms with E-state index in [0.717, 1.165) is 20.3 Å². The fourth-order valence-corrected chi connectivity index (χ4v) is 5.51. The summed E-state index contributed by atoms with van der Waals surface area (Å²) in [6.07, 6.45) is -0.232. The Morgan fingerprint density at radius 3 is 2.21 bits per heavy atom. The first-order chi connectivity index (χ1) is 16.3. The molecule has 176 valence electrons. The smallest absolute Gasteiger partial charge is 0.252 e. The minimum absolute atomic E-state index is 0.0299. The van der Waals surface area contributed by atoms with Gasteiger partial charge in [-0.25, -0.2) is 13.3 Å². The molecule has 7 nitrogen and oxygen atoms in total. The summed E-state index contributed by atoms with van der Waals surface area (Å²) in [5.41, 5.74) is 2.02. The largest absolute Gasteiger partial charge is 0.494 e. The van der Waals surface area contributed by atoms with Gasteiger partial charge < -0.3 is 4.74 Å². The molecule has 3 aromatic rings. The molecule has 0 N–H and O–H groups in total. The van der Waals surface area contributed by atoms with Gasteiger partial charge in [-0.2, -0.15) is 4.31 Å². The Hall–Kier alpha value is -3.49. The Morgan fingerprint density at radius 2 is 1.59 bits per heavy atom. The molecule has 1 saturated heterocycles. The number of imide groups is 1. The van der Waals surface area contributed by atoms with Crippen molar-refractivity contribution in [3.63, 3.8) is 0 Å². The highest BCUT2D eigenvalue weighted by atomic mass is 32.2. The molecule has 3 aromatic carbocycles. The first-order valence-corrected chi connectivity index (χ1v) is 12.5. The van der Waals surface area contributed by atoms with Gasteiger partial charge in [-0.1, -0.05) is 48.0 Å². The average Bonchev–Trinajstić information content (AvgIpc) is 3.12. The Bertz CT molecular complexity index is 1270. The summed E-state index contributed by atoms with van der Waals surface area (Å²) in [6.45, 7) is 4.19. The third-order valence-electron chi connectivity index (χ3n) is 5.69. The van der Waals surface area contributed by atoms with Gasteiger partial charge in [-0.15, -0.1) is 0 Å². The molecule has 0 spiro atoms. The monoisotopic (exact) mass is 478 g/mol. The van der Waals surface area contributed by atoms with Crippen molar-refractivity contribution in [3.8, 4) is 5.75 Å². The van der Waals surface area contributed by atoms with Gasteiger partial charge in [0.1, 0.15) is 11.8 Å². The number of anilines is 1. The van der Waals surface area contributed by atoms with Crippen LogP contribution in [0.3, 0.4) is 0 Å². The summed E-state index contributed by atoms with van der Waals surface area (Å²) in [7, 11) is -4.06. The minimum atomic E-state index is -4.06. The van der Waals surface area contributed by atoms with Crippen LogP contribution < -0.4 is 9.64 Å². The van der Waals surface area contributed by atoms with Crippen molar-refractivity contribution >= 4 is 27.5 Å². The van der Waals surface area contributed by atoms with Crippen LogP contribution >= 0.6 is 0 Å². The SMILES string of the molecule is CCOc1ccc(N2C(=O)CC(N(Cc3ccccc3)S(=O)(=O)c3ccc(C)cc3)C2=O)cc1. The normalized spacial score (nSPS) is 16.3. The summed E-state index contributed by atoms with van der Waals surface area (Å²) < 4.78 is 33.9. The number of hydrogen-bond donors (Lipinski definition) is 0. The summed E-state index contributed by atoms with van der Waals surface area (Å²) in [4.78, 5) is 27.5. The van der Waals surface area contributed by atoms with Gasteiger partial charge in [-0.3, -0.25) is 9.59 Å². The number of sulfonamides is 1. The van der Waals surface area contributed by atoms with Crippen LogP contribution in [0.2, 0.25) is 0 Å². The lowest BCUT2D eigenvalue weighted by molar-refractivity contribution is -0.122. The van der Waals surface area contributed by atoms with Crippen molar-refractivity contribution in [2.75, 3.05) is 11.5 Å². The summed E-state index contributed by atoms with van der Waals surface area (Å²) in [5, 5.41) is 0. The Morgan fingerprint density at radius 1 is 0.941 bits per heavy atom. The molecule has 1 atom stereocenters. The van der Waals surface area contributed by atoms with Crippen molar-refractivity contribution in [2.45, 2.75) is 37.8 Å². The quantitative estimate of drug-likeness (QED) is 0.458. The summed E-state index contributed by atoms with van der Waals surface area (Å²) in [5.74, 6) is -0.397. The van der Waals surface area contributed by atoms with E-state index in [0.29, 0.717) is 18.0 Å². The average molecular weight is 479 g/mol. The molecule has 1 aliphatic rings. The standard InChI is InChI=1S/C26H26N2O5S/c1-3-33-22-13-11-21(12-14-22)28-25(29)17-24(26(28)30)27(18-20-7-5-4-6-8-20)34(31,32)23-15-9-19(2)10-16-23/h4-16,24H,3,17-18H2,1-2H3. The van der Waals surface area contributed by atoms with Gasteiger partial charge in [0.2, 0.25) is 15.9 Å². The van der Waals surface area contributed by atoms with Crippen molar-refractivity contribution in [3.05, 3.63) is 90.0 Å². The van der Waals surface area contributed by atoms with E-state index in [4.69, 9.17) is 4.74 Å². The number of hydrogen-bond acceptors (Lipinski definition) is 5. The predicted molar refractivity (Wildman–Crippen MR) is 129 cm³/mol. The first-order valence-electron chi connectivity index (χ1n) is 11.0. The van der Waals surface area contributed by atoms with Crippen molar-refractivity contribution < 1.29 is 22.7 Å². The maximum atomic E-state index is 13.7. The fraction of sp³-hybridized carbons (Fsp3) is 0.231. The van der Waals surface area contributed by atoms with E-state index in [1.165, 1.54) is 12.1 Å². The van der Waals surface area contributed by atoms with E-state index in [-0.39, 0.29) is 17.9 Å². The molecular formula is C26H26N2O5S. The summed E-state index contributed by atoms with van der Waals surface area (Å²) in [6, 6.07) is 21.0. The van der Waals surface area contributed by atoms with Gasteiger partial charge in [0.05, 0.1) is 23.6 Å². The second-order valence-electron chi connectivity index (χ2n) is 8.06. The molecule has 34 heavy (non-hydrogen) atoms. The number of benzene rings is 3. The lowest BCUT2D eigenvalue weighted by Gasteiger charge is -2.27. The molecule has 0 aromatic heterocycles. The second-order valence-corrected chi connectivity index (χ2v) is 9.95. The maximum Gasteiger partial charge on any atom is 0.252 e. The number of rotatable bonds is 8. The molecule has 1 unspecified atom stereocenters. The second kappa shape index (κ2) is 9.79. The van der Waals surface area contributed by atoms with Crippen molar-refractivity contribution in [2.24, 2.45) is 0 Å². The number of amides is 2. The zero-order valence-corrected chi connectivity index (χ0v) is 19.9. The van der Waals surface area contributed by atoms with Crippen LogP contribution in [0.5, 0.6) is 5.75 Å². The van der Waals surface area contributed by atoms with Gasteiger partial charge in [0.15, 0.2) is 0 Å².